The highest BCUT2D eigenvalue weighted by Crippen LogP contribution is 2.02. The number of amides is 1. The van der Waals surface area contributed by atoms with E-state index in [0.717, 1.165) is 5.56 Å². The van der Waals surface area contributed by atoms with Gasteiger partial charge < -0.3 is 22.0 Å². The number of nitrogens with zero attached hydrogens (tertiary/aromatic N) is 2. The van der Waals surface area contributed by atoms with Crippen LogP contribution in [-0.4, -0.2) is 28.0 Å². The Morgan fingerprint density at radius 1 is 1.61 bits per heavy atom. The van der Waals surface area contributed by atoms with Crippen LogP contribution in [0.1, 0.15) is 24.6 Å². The first-order chi connectivity index (χ1) is 8.52. The Balaban J connectivity index is 2.60. The second kappa shape index (κ2) is 6.55. The van der Waals surface area contributed by atoms with E-state index < -0.39 is 0 Å². The molecule has 0 radical (unpaired) electrons. The van der Waals surface area contributed by atoms with Gasteiger partial charge in [0.1, 0.15) is 5.69 Å². The Kier molecular flexibility index (Phi) is 5.06. The van der Waals surface area contributed by atoms with Crippen molar-refractivity contribution in [3.8, 4) is 0 Å². The maximum Gasteiger partial charge on any atom is 0.218 e. The van der Waals surface area contributed by atoms with E-state index in [2.05, 4.69) is 15.5 Å². The number of carbonyl (C=O) groups excluding carboxylic acids is 1. The summed E-state index contributed by atoms with van der Waals surface area (Å²) in [6, 6.07) is 3.50. The maximum atomic E-state index is 10.7. The molecular formula is C11H17N5O2. The van der Waals surface area contributed by atoms with Gasteiger partial charge in [-0.15, -0.1) is 0 Å². The number of rotatable bonds is 6. The van der Waals surface area contributed by atoms with Crippen LogP contribution < -0.4 is 16.8 Å². The van der Waals surface area contributed by atoms with Crippen LogP contribution >= 0.6 is 0 Å². The van der Waals surface area contributed by atoms with E-state index >= 15 is 0 Å². The molecule has 1 aromatic rings. The van der Waals surface area contributed by atoms with Gasteiger partial charge in [0, 0.05) is 25.2 Å². The van der Waals surface area contributed by atoms with E-state index in [1.54, 1.807) is 18.3 Å². The van der Waals surface area contributed by atoms with Gasteiger partial charge in [-0.25, -0.2) is 0 Å². The van der Waals surface area contributed by atoms with Gasteiger partial charge in [-0.05, 0) is 24.6 Å². The minimum absolute atomic E-state index is 0.0111. The molecule has 0 bridgehead atoms. The van der Waals surface area contributed by atoms with Crippen molar-refractivity contribution in [3.05, 3.63) is 29.6 Å². The molecule has 1 unspecified atom stereocenters. The second-order valence-corrected chi connectivity index (χ2v) is 3.99. The number of hydrogen-bond acceptors (Lipinski definition) is 5. The predicted octanol–water partition coefficient (Wildman–Crippen LogP) is -0.470. The van der Waals surface area contributed by atoms with Gasteiger partial charge in [0.05, 0.1) is 0 Å². The van der Waals surface area contributed by atoms with E-state index in [9.17, 15) is 4.79 Å². The third-order valence-electron chi connectivity index (χ3n) is 2.36. The van der Waals surface area contributed by atoms with Gasteiger partial charge in [-0.3, -0.25) is 9.78 Å². The quantitative estimate of drug-likeness (QED) is 0.235. The smallest absolute Gasteiger partial charge is 0.218 e. The Labute approximate surface area is 105 Å². The molecule has 1 aromatic heterocycles. The lowest BCUT2D eigenvalue weighted by molar-refractivity contribution is -0.118. The lowest BCUT2D eigenvalue weighted by Gasteiger charge is -2.12. The Morgan fingerprint density at radius 2 is 2.33 bits per heavy atom. The van der Waals surface area contributed by atoms with Crippen LogP contribution in [0.15, 0.2) is 23.5 Å². The van der Waals surface area contributed by atoms with Gasteiger partial charge in [0.15, 0.2) is 5.84 Å². The highest BCUT2D eigenvalue weighted by molar-refractivity contribution is 5.95. The molecule has 0 spiro atoms. The van der Waals surface area contributed by atoms with E-state index in [1.165, 1.54) is 0 Å². The van der Waals surface area contributed by atoms with Gasteiger partial charge >= 0.3 is 0 Å². The van der Waals surface area contributed by atoms with Gasteiger partial charge in [0.2, 0.25) is 5.91 Å². The summed E-state index contributed by atoms with van der Waals surface area (Å²) in [6.45, 7) is 2.42. The highest BCUT2D eigenvalue weighted by atomic mass is 16.4. The summed E-state index contributed by atoms with van der Waals surface area (Å²) in [5.74, 6) is -0.385. The average Bonchev–Trinajstić information content (AvgIpc) is 2.35. The summed E-state index contributed by atoms with van der Waals surface area (Å²) in [6.07, 6.45) is 1.85. The van der Waals surface area contributed by atoms with Crippen molar-refractivity contribution in [2.45, 2.75) is 25.9 Å². The van der Waals surface area contributed by atoms with Crippen molar-refractivity contribution >= 4 is 11.7 Å². The fraction of sp³-hybridized carbons (Fsp3) is 0.364. The average molecular weight is 251 g/mol. The molecule has 1 atom stereocenters. The van der Waals surface area contributed by atoms with Crippen LogP contribution in [0.4, 0.5) is 0 Å². The summed E-state index contributed by atoms with van der Waals surface area (Å²) in [5, 5.41) is 14.6. The van der Waals surface area contributed by atoms with Crippen LogP contribution in [0, 0.1) is 0 Å². The lowest BCUT2D eigenvalue weighted by Crippen LogP contribution is -2.30. The van der Waals surface area contributed by atoms with Crippen molar-refractivity contribution in [1.29, 1.82) is 0 Å². The van der Waals surface area contributed by atoms with Crippen LogP contribution in [0.25, 0.3) is 0 Å². The fourth-order valence-electron chi connectivity index (χ4n) is 1.44. The minimum Gasteiger partial charge on any atom is -0.409 e. The zero-order valence-corrected chi connectivity index (χ0v) is 10.1. The molecule has 0 saturated carbocycles. The van der Waals surface area contributed by atoms with Crippen molar-refractivity contribution in [3.63, 3.8) is 0 Å². The zero-order valence-electron chi connectivity index (χ0n) is 10.1. The number of aromatic nitrogens is 1. The van der Waals surface area contributed by atoms with E-state index in [4.69, 9.17) is 16.7 Å². The van der Waals surface area contributed by atoms with Gasteiger partial charge in [-0.2, -0.15) is 0 Å². The first kappa shape index (κ1) is 13.9. The topological polar surface area (TPSA) is 127 Å². The van der Waals surface area contributed by atoms with Crippen molar-refractivity contribution in [2.24, 2.45) is 16.6 Å². The number of amidine groups is 1. The molecule has 1 heterocycles. The van der Waals surface area contributed by atoms with Crippen LogP contribution in [-0.2, 0) is 11.3 Å². The number of carbonyl (C=O) groups is 1. The first-order valence-corrected chi connectivity index (χ1v) is 5.47. The molecule has 0 aliphatic heterocycles. The molecule has 98 valence electrons. The molecule has 7 nitrogen and oxygen atoms in total. The molecule has 1 rings (SSSR count). The lowest BCUT2D eigenvalue weighted by atomic mass is 10.2. The fourth-order valence-corrected chi connectivity index (χ4v) is 1.44. The number of primary amides is 1. The summed E-state index contributed by atoms with van der Waals surface area (Å²) < 4.78 is 0. The minimum atomic E-state index is -0.345. The molecule has 18 heavy (non-hydrogen) atoms. The summed E-state index contributed by atoms with van der Waals surface area (Å²) >= 11 is 0. The normalized spacial score (nSPS) is 13.3. The van der Waals surface area contributed by atoms with Crippen molar-refractivity contribution < 1.29 is 10.0 Å². The SMILES string of the molecule is CC(CC(N)=O)NCc1ccnc(/C(N)=N/O)c1. The molecule has 0 aromatic carbocycles. The van der Waals surface area contributed by atoms with Gasteiger partial charge in [0.25, 0.3) is 0 Å². The molecule has 0 aliphatic rings. The van der Waals surface area contributed by atoms with Crippen molar-refractivity contribution in [2.75, 3.05) is 0 Å². The monoisotopic (exact) mass is 251 g/mol. The van der Waals surface area contributed by atoms with Crippen LogP contribution in [0.5, 0.6) is 0 Å². The Hall–Kier alpha value is -2.15. The number of pyridine rings is 1. The van der Waals surface area contributed by atoms with Crippen molar-refractivity contribution in [1.82, 2.24) is 10.3 Å². The van der Waals surface area contributed by atoms with Gasteiger partial charge in [-0.1, -0.05) is 5.16 Å². The van der Waals surface area contributed by atoms with E-state index in [0.29, 0.717) is 12.2 Å². The van der Waals surface area contributed by atoms with Crippen LogP contribution in [0.3, 0.4) is 0 Å². The van der Waals surface area contributed by atoms with E-state index in [1.807, 2.05) is 6.92 Å². The first-order valence-electron chi connectivity index (χ1n) is 5.47. The molecular weight excluding hydrogens is 234 g/mol. The summed E-state index contributed by atoms with van der Waals surface area (Å²) in [7, 11) is 0. The highest BCUT2D eigenvalue weighted by Gasteiger charge is 2.06. The molecule has 7 heteroatoms. The third kappa shape index (κ3) is 4.38. The molecule has 0 saturated heterocycles. The number of nitrogens with two attached hydrogens (primary N) is 2. The third-order valence-corrected chi connectivity index (χ3v) is 2.36. The zero-order chi connectivity index (χ0) is 13.5. The standard InChI is InChI=1S/C11H17N5O2/c1-7(4-10(12)17)15-6-8-2-3-14-9(5-8)11(13)16-18/h2-3,5,7,15,18H,4,6H2,1H3,(H2,12,17)(H2,13,16). The molecule has 0 fully saturated rings. The second-order valence-electron chi connectivity index (χ2n) is 3.99. The van der Waals surface area contributed by atoms with Crippen LogP contribution in [0.2, 0.25) is 0 Å². The number of nitrogens with one attached hydrogen (secondary N) is 1. The number of oxime groups is 1. The number of hydrogen-bond donors (Lipinski definition) is 4. The Bertz CT molecular complexity index is 447. The molecule has 6 N–H and O–H groups in total. The van der Waals surface area contributed by atoms with E-state index in [-0.39, 0.29) is 24.2 Å². The predicted molar refractivity (Wildman–Crippen MR) is 66.9 cm³/mol. The molecule has 0 aliphatic carbocycles. The largest absolute Gasteiger partial charge is 0.409 e. The Morgan fingerprint density at radius 3 is 2.94 bits per heavy atom. The molecule has 1 amide bonds. The summed E-state index contributed by atoms with van der Waals surface area (Å²) in [5.41, 5.74) is 11.9. The summed E-state index contributed by atoms with van der Waals surface area (Å²) in [4.78, 5) is 14.7. The maximum absolute atomic E-state index is 10.7.